The van der Waals surface area contributed by atoms with Crippen molar-refractivity contribution in [3.63, 3.8) is 0 Å². The van der Waals surface area contributed by atoms with Crippen molar-refractivity contribution in [1.29, 1.82) is 0 Å². The Labute approximate surface area is 230 Å². The van der Waals surface area contributed by atoms with Crippen LogP contribution in [0.1, 0.15) is 36.0 Å². The Morgan fingerprint density at radius 1 is 1.00 bits per heavy atom. The average molecular weight is 542 g/mol. The molecule has 0 atom stereocenters. The lowest BCUT2D eigenvalue weighted by molar-refractivity contribution is 0.0978. The number of unbranched alkanes of at least 4 members (excludes halogenated alkanes) is 2. The molecule has 1 aromatic carbocycles. The zero-order valence-corrected chi connectivity index (χ0v) is 22.3. The minimum absolute atomic E-state index is 0.0566. The largest absolute Gasteiger partial charge is 0.424 e. The lowest BCUT2D eigenvalue weighted by Gasteiger charge is -2.32. The smallest absolute Gasteiger partial charge is 0.292 e. The molecule has 13 nitrogen and oxygen atoms in total. The van der Waals surface area contributed by atoms with E-state index in [4.69, 9.17) is 21.0 Å². The van der Waals surface area contributed by atoms with Crippen LogP contribution in [0.15, 0.2) is 41.3 Å². The molecule has 6 rings (SSSR count). The van der Waals surface area contributed by atoms with Gasteiger partial charge in [0.1, 0.15) is 23.4 Å². The number of likely N-dealkylation sites (N-methyl/N-ethyl adjacent to an activating group) is 1. The van der Waals surface area contributed by atoms with Crippen molar-refractivity contribution in [2.24, 2.45) is 0 Å². The van der Waals surface area contributed by atoms with Gasteiger partial charge in [0, 0.05) is 57.1 Å². The van der Waals surface area contributed by atoms with Gasteiger partial charge in [-0.25, -0.2) is 24.6 Å². The van der Waals surface area contributed by atoms with E-state index in [0.717, 1.165) is 51.0 Å². The highest BCUT2D eigenvalue weighted by atomic mass is 16.4. The predicted molar refractivity (Wildman–Crippen MR) is 152 cm³/mol. The molecule has 5 heterocycles. The number of benzene rings is 1. The fourth-order valence-corrected chi connectivity index (χ4v) is 4.98. The molecule has 4 N–H and O–H groups in total. The van der Waals surface area contributed by atoms with Gasteiger partial charge in [-0.1, -0.05) is 6.42 Å². The zero-order valence-electron chi connectivity index (χ0n) is 22.3. The number of ketones is 1. The van der Waals surface area contributed by atoms with Crippen molar-refractivity contribution in [3.05, 3.63) is 42.5 Å². The van der Waals surface area contributed by atoms with E-state index in [9.17, 15) is 4.79 Å². The summed E-state index contributed by atoms with van der Waals surface area (Å²) in [5.41, 5.74) is 15.9. The minimum Gasteiger partial charge on any atom is -0.424 e. The maximum Gasteiger partial charge on any atom is 0.292 e. The van der Waals surface area contributed by atoms with Gasteiger partial charge in [0.15, 0.2) is 17.0 Å². The molecule has 1 aliphatic heterocycles. The normalized spacial score (nSPS) is 14.4. The quantitative estimate of drug-likeness (QED) is 0.207. The van der Waals surface area contributed by atoms with Crippen molar-refractivity contribution in [1.82, 2.24) is 39.6 Å². The third kappa shape index (κ3) is 5.15. The first-order valence-corrected chi connectivity index (χ1v) is 13.4. The second-order valence-corrected chi connectivity index (χ2v) is 10.1. The van der Waals surface area contributed by atoms with Gasteiger partial charge in [0.25, 0.3) is 6.01 Å². The Kier molecular flexibility index (Phi) is 6.95. The van der Waals surface area contributed by atoms with Crippen LogP contribution in [0.4, 0.5) is 17.8 Å². The lowest BCUT2D eigenvalue weighted by Crippen LogP contribution is -2.45. The van der Waals surface area contributed by atoms with Crippen LogP contribution in [0.2, 0.25) is 0 Å². The monoisotopic (exact) mass is 541 g/mol. The molecule has 4 aromatic heterocycles. The van der Waals surface area contributed by atoms with Gasteiger partial charge in [-0.15, -0.1) is 0 Å². The molecule has 0 spiro atoms. The van der Waals surface area contributed by atoms with Crippen LogP contribution in [0.25, 0.3) is 33.4 Å². The molecule has 40 heavy (non-hydrogen) atoms. The van der Waals surface area contributed by atoms with E-state index in [-0.39, 0.29) is 11.8 Å². The van der Waals surface area contributed by atoms with E-state index in [0.29, 0.717) is 58.1 Å². The molecule has 0 radical (unpaired) electrons. The van der Waals surface area contributed by atoms with Crippen LogP contribution < -0.4 is 16.4 Å². The number of rotatable bonds is 9. The van der Waals surface area contributed by atoms with Gasteiger partial charge in [0.05, 0.1) is 10.9 Å². The van der Waals surface area contributed by atoms with Crippen LogP contribution in [0.3, 0.4) is 0 Å². The molecule has 1 saturated heterocycles. The van der Waals surface area contributed by atoms with Crippen molar-refractivity contribution in [2.75, 3.05) is 49.6 Å². The Balaban J connectivity index is 1.07. The van der Waals surface area contributed by atoms with E-state index >= 15 is 0 Å². The number of carbonyl (C=O) groups is 1. The van der Waals surface area contributed by atoms with Gasteiger partial charge >= 0.3 is 0 Å². The highest BCUT2D eigenvalue weighted by molar-refractivity contribution is 5.99. The third-order valence-corrected chi connectivity index (χ3v) is 7.26. The third-order valence-electron chi connectivity index (χ3n) is 7.26. The van der Waals surface area contributed by atoms with E-state index in [2.05, 4.69) is 41.8 Å². The summed E-state index contributed by atoms with van der Waals surface area (Å²) in [6, 6.07) is 5.67. The Bertz CT molecular complexity index is 1650. The predicted octanol–water partition coefficient (Wildman–Crippen LogP) is 2.78. The van der Waals surface area contributed by atoms with E-state index in [1.165, 1.54) is 6.33 Å². The summed E-state index contributed by atoms with van der Waals surface area (Å²) in [6.07, 6.45) is 7.62. The SMILES string of the molecule is CN1CCN(c2ncc(C(=O)CCCCCn3nc(-c4ccc5oc(N)nc5c4)c4c(N)ncnc43)cn2)CC1. The first-order valence-electron chi connectivity index (χ1n) is 13.4. The number of oxazole rings is 1. The molecule has 0 saturated carbocycles. The standard InChI is InChI=1S/C27H31N11O2/c1-36-9-11-37(12-10-36)27-30-14-18(15-31-27)20(39)5-3-2-4-8-38-25-22(24(28)32-16-33-25)23(35-38)17-6-7-21-19(13-17)34-26(29)40-21/h6-7,13-16H,2-5,8-12H2,1H3,(H2,29,34)(H2,28,32,33). The Morgan fingerprint density at radius 2 is 1.80 bits per heavy atom. The number of aromatic nitrogens is 7. The van der Waals surface area contributed by atoms with Gasteiger partial charge < -0.3 is 25.7 Å². The number of hydrogen-bond acceptors (Lipinski definition) is 12. The molecule has 0 unspecified atom stereocenters. The first-order chi connectivity index (χ1) is 19.5. The van der Waals surface area contributed by atoms with Crippen LogP contribution >= 0.6 is 0 Å². The summed E-state index contributed by atoms with van der Waals surface area (Å²) in [5.74, 6) is 1.10. The van der Waals surface area contributed by atoms with E-state index in [1.54, 1.807) is 18.5 Å². The van der Waals surface area contributed by atoms with Crippen LogP contribution in [0, 0.1) is 0 Å². The average Bonchev–Trinajstić information content (AvgIpc) is 3.53. The highest BCUT2D eigenvalue weighted by Crippen LogP contribution is 2.32. The number of nitrogens with two attached hydrogens (primary N) is 2. The molecular formula is C27H31N11O2. The van der Waals surface area contributed by atoms with E-state index in [1.807, 2.05) is 16.8 Å². The summed E-state index contributed by atoms with van der Waals surface area (Å²) in [7, 11) is 2.11. The number of fused-ring (bicyclic) bond motifs is 2. The molecule has 13 heteroatoms. The van der Waals surface area contributed by atoms with E-state index < -0.39 is 0 Å². The fraction of sp³-hybridized carbons (Fsp3) is 0.370. The number of piperazine rings is 1. The molecule has 5 aromatic rings. The van der Waals surface area contributed by atoms with Crippen molar-refractivity contribution >= 4 is 45.7 Å². The van der Waals surface area contributed by atoms with Crippen molar-refractivity contribution in [2.45, 2.75) is 32.2 Å². The molecular weight excluding hydrogens is 510 g/mol. The molecule has 0 amide bonds. The Hall–Kier alpha value is -4.65. The Morgan fingerprint density at radius 3 is 2.60 bits per heavy atom. The van der Waals surface area contributed by atoms with Crippen LogP contribution in [0.5, 0.6) is 0 Å². The number of nitrogen functional groups attached to an aromatic ring is 2. The van der Waals surface area contributed by atoms with Crippen LogP contribution in [-0.4, -0.2) is 78.6 Å². The number of carbonyl (C=O) groups excluding carboxylic acids is 1. The van der Waals surface area contributed by atoms with Crippen molar-refractivity contribution < 1.29 is 9.21 Å². The summed E-state index contributed by atoms with van der Waals surface area (Å²) in [6.45, 7) is 4.37. The van der Waals surface area contributed by atoms with Gasteiger partial charge in [0.2, 0.25) is 5.95 Å². The van der Waals surface area contributed by atoms with Crippen LogP contribution in [-0.2, 0) is 6.54 Å². The topological polar surface area (TPSA) is 171 Å². The summed E-state index contributed by atoms with van der Waals surface area (Å²) in [5, 5.41) is 5.51. The van der Waals surface area contributed by atoms with Gasteiger partial charge in [-0.2, -0.15) is 10.1 Å². The summed E-state index contributed by atoms with van der Waals surface area (Å²) in [4.78, 5) is 38.9. The van der Waals surface area contributed by atoms with Gasteiger partial charge in [-0.05, 0) is 38.1 Å². The molecule has 1 fully saturated rings. The molecule has 0 bridgehead atoms. The first kappa shape index (κ1) is 25.6. The number of aryl methyl sites for hydroxylation is 1. The van der Waals surface area contributed by atoms with Crippen molar-refractivity contribution in [3.8, 4) is 11.3 Å². The number of anilines is 3. The number of nitrogens with zero attached hydrogens (tertiary/aromatic N) is 9. The number of hydrogen-bond donors (Lipinski definition) is 2. The summed E-state index contributed by atoms with van der Waals surface area (Å²) < 4.78 is 7.23. The maximum atomic E-state index is 12.7. The highest BCUT2D eigenvalue weighted by Gasteiger charge is 2.19. The molecule has 1 aliphatic rings. The lowest BCUT2D eigenvalue weighted by atomic mass is 10.1. The summed E-state index contributed by atoms with van der Waals surface area (Å²) >= 11 is 0. The minimum atomic E-state index is 0.0566. The fourth-order valence-electron chi connectivity index (χ4n) is 4.98. The van der Waals surface area contributed by atoms with Gasteiger partial charge in [-0.3, -0.25) is 4.79 Å². The second kappa shape index (κ2) is 10.8. The molecule has 206 valence electrons. The number of Topliss-reactive ketones (excluding diaryl/α,β-unsaturated/α-hetero) is 1. The maximum absolute atomic E-state index is 12.7. The second-order valence-electron chi connectivity index (χ2n) is 10.1. The molecule has 0 aliphatic carbocycles. The zero-order chi connectivity index (χ0) is 27.6.